The Morgan fingerprint density at radius 2 is 1.85 bits per heavy atom. The molecule has 1 saturated heterocycles. The molecule has 0 saturated carbocycles. The molecular weight excluding hydrogens is 248 g/mol. The average molecular weight is 272 g/mol. The molecule has 1 unspecified atom stereocenters. The number of piperidine rings is 1. The van der Waals surface area contributed by atoms with Gasteiger partial charge in [0.25, 0.3) is 0 Å². The molecular formula is C17H24N2O. The molecule has 1 atom stereocenters. The Morgan fingerprint density at radius 1 is 1.10 bits per heavy atom. The van der Waals surface area contributed by atoms with Gasteiger partial charge in [-0.15, -0.1) is 0 Å². The van der Waals surface area contributed by atoms with Crippen LogP contribution in [0.1, 0.15) is 38.2 Å². The third-order valence-corrected chi connectivity index (χ3v) is 4.65. The molecule has 2 heterocycles. The summed E-state index contributed by atoms with van der Waals surface area (Å²) in [5, 5.41) is 0. The summed E-state index contributed by atoms with van der Waals surface area (Å²) in [4.78, 5) is 16.8. The van der Waals surface area contributed by atoms with E-state index in [1.165, 1.54) is 37.9 Å². The lowest BCUT2D eigenvalue weighted by Gasteiger charge is -2.37. The summed E-state index contributed by atoms with van der Waals surface area (Å²) >= 11 is 0. The Morgan fingerprint density at radius 3 is 2.65 bits per heavy atom. The van der Waals surface area contributed by atoms with Crippen LogP contribution in [0, 0.1) is 0 Å². The largest absolute Gasteiger partial charge is 0.311 e. The zero-order valence-electron chi connectivity index (χ0n) is 12.3. The number of anilines is 1. The second-order valence-corrected chi connectivity index (χ2v) is 6.08. The fourth-order valence-electron chi connectivity index (χ4n) is 3.44. The molecule has 0 spiro atoms. The standard InChI is InChI=1S/C17H24N2O/c1-14(18-11-5-2-6-12-18)13-19-16-8-4-3-7-15(16)9-10-17(19)20/h3-4,7-8,14H,2,5-6,9-13H2,1H3. The molecule has 108 valence electrons. The van der Waals surface area contributed by atoms with Crippen LogP contribution in [-0.4, -0.2) is 36.5 Å². The Hall–Kier alpha value is -1.35. The number of rotatable bonds is 3. The normalized spacial score (nSPS) is 21.6. The number of hydrogen-bond acceptors (Lipinski definition) is 2. The number of amides is 1. The van der Waals surface area contributed by atoms with E-state index >= 15 is 0 Å². The van der Waals surface area contributed by atoms with Crippen LogP contribution < -0.4 is 4.90 Å². The molecule has 0 N–H and O–H groups in total. The molecule has 1 amide bonds. The maximum Gasteiger partial charge on any atom is 0.227 e. The van der Waals surface area contributed by atoms with E-state index < -0.39 is 0 Å². The molecule has 0 radical (unpaired) electrons. The molecule has 3 nitrogen and oxygen atoms in total. The lowest BCUT2D eigenvalue weighted by Crippen LogP contribution is -2.47. The van der Waals surface area contributed by atoms with Gasteiger partial charge in [0.2, 0.25) is 5.91 Å². The van der Waals surface area contributed by atoms with Gasteiger partial charge in [0.05, 0.1) is 0 Å². The molecule has 2 aliphatic rings. The molecule has 1 aromatic carbocycles. The summed E-state index contributed by atoms with van der Waals surface area (Å²) in [6.45, 7) is 5.46. The number of likely N-dealkylation sites (tertiary alicyclic amines) is 1. The number of carbonyl (C=O) groups excluding carboxylic acids is 1. The summed E-state index contributed by atoms with van der Waals surface area (Å²) < 4.78 is 0. The Kier molecular flexibility index (Phi) is 4.06. The molecule has 0 aromatic heterocycles. The first-order valence-electron chi connectivity index (χ1n) is 7.88. The predicted octanol–water partition coefficient (Wildman–Crippen LogP) is 2.84. The Bertz CT molecular complexity index is 480. The highest BCUT2D eigenvalue weighted by atomic mass is 16.2. The van der Waals surface area contributed by atoms with Gasteiger partial charge in [-0.2, -0.15) is 0 Å². The van der Waals surface area contributed by atoms with Crippen molar-refractivity contribution in [3.8, 4) is 0 Å². The number of nitrogens with zero attached hydrogens (tertiary/aromatic N) is 2. The Labute approximate surface area is 121 Å². The first-order chi connectivity index (χ1) is 9.75. The molecule has 0 bridgehead atoms. The van der Waals surface area contributed by atoms with Crippen molar-refractivity contribution in [2.45, 2.75) is 45.1 Å². The second-order valence-electron chi connectivity index (χ2n) is 6.08. The third-order valence-electron chi connectivity index (χ3n) is 4.65. The van der Waals surface area contributed by atoms with Gasteiger partial charge in [0.1, 0.15) is 0 Å². The van der Waals surface area contributed by atoms with Crippen LogP contribution in [0.3, 0.4) is 0 Å². The van der Waals surface area contributed by atoms with Gasteiger partial charge < -0.3 is 4.90 Å². The van der Waals surface area contributed by atoms with E-state index in [0.29, 0.717) is 12.5 Å². The zero-order chi connectivity index (χ0) is 13.9. The monoisotopic (exact) mass is 272 g/mol. The quantitative estimate of drug-likeness (QED) is 0.844. The number of benzene rings is 1. The van der Waals surface area contributed by atoms with Gasteiger partial charge in [0.15, 0.2) is 0 Å². The van der Waals surface area contributed by atoms with Crippen LogP contribution in [0.4, 0.5) is 5.69 Å². The van der Waals surface area contributed by atoms with Crippen molar-refractivity contribution < 1.29 is 4.79 Å². The summed E-state index contributed by atoms with van der Waals surface area (Å²) in [5.74, 6) is 0.285. The van der Waals surface area contributed by atoms with Crippen LogP contribution >= 0.6 is 0 Å². The zero-order valence-corrected chi connectivity index (χ0v) is 12.3. The van der Waals surface area contributed by atoms with Crippen molar-refractivity contribution >= 4 is 11.6 Å². The van der Waals surface area contributed by atoms with Crippen LogP contribution in [0.2, 0.25) is 0 Å². The predicted molar refractivity (Wildman–Crippen MR) is 82.0 cm³/mol. The van der Waals surface area contributed by atoms with E-state index in [2.05, 4.69) is 30.0 Å². The number of fused-ring (bicyclic) bond motifs is 1. The highest BCUT2D eigenvalue weighted by Crippen LogP contribution is 2.28. The van der Waals surface area contributed by atoms with Gasteiger partial charge in [-0.1, -0.05) is 24.6 Å². The average Bonchev–Trinajstić information content (AvgIpc) is 2.51. The van der Waals surface area contributed by atoms with E-state index in [9.17, 15) is 4.79 Å². The van der Waals surface area contributed by atoms with Crippen LogP contribution in [-0.2, 0) is 11.2 Å². The number of para-hydroxylation sites is 1. The fraction of sp³-hybridized carbons (Fsp3) is 0.588. The minimum atomic E-state index is 0.285. The first-order valence-corrected chi connectivity index (χ1v) is 7.88. The number of hydrogen-bond donors (Lipinski definition) is 0. The van der Waals surface area contributed by atoms with Gasteiger partial charge in [-0.25, -0.2) is 0 Å². The maximum absolute atomic E-state index is 12.3. The lowest BCUT2D eigenvalue weighted by atomic mass is 10.0. The summed E-state index contributed by atoms with van der Waals surface area (Å²) in [6.07, 6.45) is 5.51. The summed E-state index contributed by atoms with van der Waals surface area (Å²) in [5.41, 5.74) is 2.45. The molecule has 1 fully saturated rings. The molecule has 1 aromatic rings. The SMILES string of the molecule is CC(CN1C(=O)CCc2ccccc21)N1CCCCC1. The Balaban J connectivity index is 1.74. The van der Waals surface area contributed by atoms with Gasteiger partial charge >= 0.3 is 0 Å². The minimum Gasteiger partial charge on any atom is -0.311 e. The summed E-state index contributed by atoms with van der Waals surface area (Å²) in [6, 6.07) is 8.80. The van der Waals surface area contributed by atoms with Crippen molar-refractivity contribution in [2.75, 3.05) is 24.5 Å². The van der Waals surface area contributed by atoms with Crippen molar-refractivity contribution in [2.24, 2.45) is 0 Å². The number of carbonyl (C=O) groups is 1. The first kappa shape index (κ1) is 13.6. The van der Waals surface area contributed by atoms with Crippen molar-refractivity contribution in [3.05, 3.63) is 29.8 Å². The molecule has 0 aliphatic carbocycles. The highest BCUT2D eigenvalue weighted by Gasteiger charge is 2.27. The van der Waals surface area contributed by atoms with E-state index in [-0.39, 0.29) is 5.91 Å². The van der Waals surface area contributed by atoms with Gasteiger partial charge in [-0.05, 0) is 50.9 Å². The molecule has 20 heavy (non-hydrogen) atoms. The highest BCUT2D eigenvalue weighted by molar-refractivity contribution is 5.96. The topological polar surface area (TPSA) is 23.6 Å². The van der Waals surface area contributed by atoms with E-state index in [4.69, 9.17) is 0 Å². The van der Waals surface area contributed by atoms with E-state index in [1.54, 1.807) is 0 Å². The lowest BCUT2D eigenvalue weighted by molar-refractivity contribution is -0.119. The van der Waals surface area contributed by atoms with E-state index in [0.717, 1.165) is 18.7 Å². The second kappa shape index (κ2) is 5.96. The third kappa shape index (κ3) is 2.73. The van der Waals surface area contributed by atoms with Crippen LogP contribution in [0.25, 0.3) is 0 Å². The van der Waals surface area contributed by atoms with Crippen molar-refractivity contribution in [3.63, 3.8) is 0 Å². The molecule has 3 heteroatoms. The summed E-state index contributed by atoms with van der Waals surface area (Å²) in [7, 11) is 0. The van der Waals surface area contributed by atoms with Crippen molar-refractivity contribution in [1.29, 1.82) is 0 Å². The molecule has 2 aliphatic heterocycles. The van der Waals surface area contributed by atoms with E-state index in [1.807, 2.05) is 11.0 Å². The minimum absolute atomic E-state index is 0.285. The van der Waals surface area contributed by atoms with Crippen LogP contribution in [0.5, 0.6) is 0 Å². The number of aryl methyl sites for hydroxylation is 1. The van der Waals surface area contributed by atoms with Gasteiger partial charge in [0, 0.05) is 24.7 Å². The van der Waals surface area contributed by atoms with Crippen molar-refractivity contribution in [1.82, 2.24) is 4.90 Å². The van der Waals surface area contributed by atoms with Crippen LogP contribution in [0.15, 0.2) is 24.3 Å². The smallest absolute Gasteiger partial charge is 0.227 e. The fourth-order valence-corrected chi connectivity index (χ4v) is 3.44. The maximum atomic E-state index is 12.3. The van der Waals surface area contributed by atoms with Gasteiger partial charge in [-0.3, -0.25) is 9.69 Å². The molecule has 3 rings (SSSR count).